The fraction of sp³-hybridized carbons (Fsp3) is 0.167. The molecule has 0 bridgehead atoms. The lowest BCUT2D eigenvalue weighted by Gasteiger charge is -2.06. The van der Waals surface area contributed by atoms with Gasteiger partial charge in [-0.05, 0) is 19.1 Å². The minimum atomic E-state index is -0.815. The van der Waals surface area contributed by atoms with Crippen molar-refractivity contribution < 1.29 is 13.6 Å². The second kappa shape index (κ2) is 4.56. The van der Waals surface area contributed by atoms with Crippen LogP contribution in [0.25, 0.3) is 0 Å². The minimum absolute atomic E-state index is 0.278. The summed E-state index contributed by atoms with van der Waals surface area (Å²) in [6.45, 7) is 1.69. The number of benzene rings is 1. The molecule has 0 fully saturated rings. The van der Waals surface area contributed by atoms with Crippen LogP contribution < -0.4 is 5.32 Å². The number of halogens is 2. The van der Waals surface area contributed by atoms with Crippen molar-refractivity contribution in [3.63, 3.8) is 0 Å². The number of hydrogen-bond acceptors (Lipinski definition) is 2. The van der Waals surface area contributed by atoms with Gasteiger partial charge in [0.2, 0.25) is 0 Å². The van der Waals surface area contributed by atoms with E-state index in [1.807, 2.05) is 0 Å². The molecule has 0 saturated carbocycles. The number of para-hydroxylation sites is 1. The van der Waals surface area contributed by atoms with Crippen LogP contribution in [0.5, 0.6) is 0 Å². The van der Waals surface area contributed by atoms with E-state index in [9.17, 15) is 13.6 Å². The molecule has 0 unspecified atom stereocenters. The van der Waals surface area contributed by atoms with E-state index in [2.05, 4.69) is 10.4 Å². The lowest BCUT2D eigenvalue weighted by atomic mass is 10.2. The van der Waals surface area contributed by atoms with Gasteiger partial charge in [0.05, 0.1) is 11.8 Å². The standard InChI is InChI=1S/C12H11F2N3O/c1-7-8(6-15-17(7)2)12(18)16-11-9(13)4-3-5-10(11)14/h3-6H,1-2H3,(H,16,18). The molecule has 0 atom stereocenters. The van der Waals surface area contributed by atoms with Gasteiger partial charge in [-0.1, -0.05) is 6.07 Å². The molecule has 0 aliphatic rings. The highest BCUT2D eigenvalue weighted by molar-refractivity contribution is 6.05. The molecule has 2 rings (SSSR count). The minimum Gasteiger partial charge on any atom is -0.317 e. The quantitative estimate of drug-likeness (QED) is 0.889. The number of carbonyl (C=O) groups is 1. The van der Waals surface area contributed by atoms with Crippen molar-refractivity contribution in [3.8, 4) is 0 Å². The number of nitrogens with zero attached hydrogens (tertiary/aromatic N) is 2. The molecule has 94 valence electrons. The Morgan fingerprint density at radius 2 is 1.94 bits per heavy atom. The molecular weight excluding hydrogens is 240 g/mol. The number of carbonyl (C=O) groups excluding carboxylic acids is 1. The molecule has 2 aromatic rings. The van der Waals surface area contributed by atoms with Gasteiger partial charge in [-0.15, -0.1) is 0 Å². The molecule has 4 nitrogen and oxygen atoms in total. The zero-order chi connectivity index (χ0) is 13.3. The summed E-state index contributed by atoms with van der Waals surface area (Å²) in [7, 11) is 1.68. The second-order valence-corrected chi connectivity index (χ2v) is 3.82. The highest BCUT2D eigenvalue weighted by atomic mass is 19.1. The Balaban J connectivity index is 2.30. The van der Waals surface area contributed by atoms with Crippen molar-refractivity contribution in [3.05, 3.63) is 47.3 Å². The first kappa shape index (κ1) is 12.2. The average Bonchev–Trinajstić information content (AvgIpc) is 2.65. The summed E-state index contributed by atoms with van der Waals surface area (Å²) >= 11 is 0. The molecule has 18 heavy (non-hydrogen) atoms. The van der Waals surface area contributed by atoms with Crippen molar-refractivity contribution in [1.82, 2.24) is 9.78 Å². The lowest BCUT2D eigenvalue weighted by Crippen LogP contribution is -2.15. The maximum Gasteiger partial charge on any atom is 0.259 e. The molecule has 1 aromatic carbocycles. The largest absolute Gasteiger partial charge is 0.317 e. The van der Waals surface area contributed by atoms with Gasteiger partial charge in [-0.3, -0.25) is 9.48 Å². The van der Waals surface area contributed by atoms with Gasteiger partial charge >= 0.3 is 0 Å². The van der Waals surface area contributed by atoms with E-state index < -0.39 is 23.2 Å². The van der Waals surface area contributed by atoms with Crippen molar-refractivity contribution in [2.45, 2.75) is 6.92 Å². The molecule has 0 aliphatic heterocycles. The highest BCUT2D eigenvalue weighted by Crippen LogP contribution is 2.19. The molecular formula is C12H11F2N3O. The van der Waals surface area contributed by atoms with Crippen LogP contribution in [0.4, 0.5) is 14.5 Å². The Kier molecular flexibility index (Phi) is 3.10. The summed E-state index contributed by atoms with van der Waals surface area (Å²) in [4.78, 5) is 11.9. The van der Waals surface area contributed by atoms with Crippen LogP contribution in [0.2, 0.25) is 0 Å². The Morgan fingerprint density at radius 1 is 1.33 bits per heavy atom. The number of aromatic nitrogens is 2. The number of hydrogen-bond donors (Lipinski definition) is 1. The van der Waals surface area contributed by atoms with Crippen LogP contribution in [0.3, 0.4) is 0 Å². The maximum atomic E-state index is 13.4. The van der Waals surface area contributed by atoms with Crippen LogP contribution in [-0.4, -0.2) is 15.7 Å². The zero-order valence-electron chi connectivity index (χ0n) is 9.87. The van der Waals surface area contributed by atoms with Crippen molar-refractivity contribution in [2.24, 2.45) is 7.05 Å². The van der Waals surface area contributed by atoms with Crippen LogP contribution in [-0.2, 0) is 7.05 Å². The molecule has 1 amide bonds. The summed E-state index contributed by atoms with van der Waals surface area (Å²) in [5.74, 6) is -2.22. The van der Waals surface area contributed by atoms with E-state index in [1.54, 1.807) is 14.0 Å². The van der Waals surface area contributed by atoms with Gasteiger partial charge in [0.15, 0.2) is 0 Å². The predicted molar refractivity (Wildman–Crippen MR) is 62.3 cm³/mol. The third-order valence-corrected chi connectivity index (χ3v) is 2.68. The van der Waals surface area contributed by atoms with Gasteiger partial charge in [0, 0.05) is 12.7 Å². The molecule has 1 heterocycles. The maximum absolute atomic E-state index is 13.4. The SMILES string of the molecule is Cc1c(C(=O)Nc2c(F)cccc2F)cnn1C. The first-order valence-electron chi connectivity index (χ1n) is 5.24. The number of aryl methyl sites for hydroxylation is 1. The molecule has 0 radical (unpaired) electrons. The molecule has 1 aromatic heterocycles. The summed E-state index contributed by atoms with van der Waals surface area (Å²) in [5, 5.41) is 6.10. The van der Waals surface area contributed by atoms with E-state index in [4.69, 9.17) is 0 Å². The van der Waals surface area contributed by atoms with Crippen LogP contribution >= 0.6 is 0 Å². The van der Waals surface area contributed by atoms with E-state index in [0.717, 1.165) is 12.1 Å². The number of rotatable bonds is 2. The summed E-state index contributed by atoms with van der Waals surface area (Å²) in [6.07, 6.45) is 1.35. The third-order valence-electron chi connectivity index (χ3n) is 2.68. The first-order chi connectivity index (χ1) is 8.50. The number of amides is 1. The summed E-state index contributed by atoms with van der Waals surface area (Å²) in [5.41, 5.74) is 0.440. The Labute approximate surface area is 102 Å². The smallest absolute Gasteiger partial charge is 0.259 e. The molecule has 0 saturated heterocycles. The van der Waals surface area contributed by atoms with E-state index in [1.165, 1.54) is 16.9 Å². The topological polar surface area (TPSA) is 46.9 Å². The van der Waals surface area contributed by atoms with Crippen LogP contribution in [0.15, 0.2) is 24.4 Å². The normalized spacial score (nSPS) is 10.4. The highest BCUT2D eigenvalue weighted by Gasteiger charge is 2.16. The monoisotopic (exact) mass is 251 g/mol. The zero-order valence-corrected chi connectivity index (χ0v) is 9.87. The number of anilines is 1. The van der Waals surface area contributed by atoms with Crippen molar-refractivity contribution >= 4 is 11.6 Å². The Bertz CT molecular complexity index is 587. The predicted octanol–water partition coefficient (Wildman–Crippen LogP) is 2.26. The number of nitrogens with one attached hydrogen (secondary N) is 1. The van der Waals surface area contributed by atoms with Crippen LogP contribution in [0.1, 0.15) is 16.1 Å². The lowest BCUT2D eigenvalue weighted by molar-refractivity contribution is 0.102. The van der Waals surface area contributed by atoms with Gasteiger partial charge < -0.3 is 5.32 Å². The summed E-state index contributed by atoms with van der Waals surface area (Å²) in [6, 6.07) is 3.39. The molecule has 1 N–H and O–H groups in total. The van der Waals surface area contributed by atoms with Gasteiger partial charge in [-0.25, -0.2) is 8.78 Å². The second-order valence-electron chi connectivity index (χ2n) is 3.82. The van der Waals surface area contributed by atoms with Gasteiger partial charge in [0.25, 0.3) is 5.91 Å². The molecule has 0 aliphatic carbocycles. The molecule has 6 heteroatoms. The summed E-state index contributed by atoms with van der Waals surface area (Å²) < 4.78 is 28.2. The van der Waals surface area contributed by atoms with Crippen molar-refractivity contribution in [1.29, 1.82) is 0 Å². The van der Waals surface area contributed by atoms with Gasteiger partial charge in [-0.2, -0.15) is 5.10 Å². The van der Waals surface area contributed by atoms with E-state index >= 15 is 0 Å². The van der Waals surface area contributed by atoms with Crippen molar-refractivity contribution in [2.75, 3.05) is 5.32 Å². The van der Waals surface area contributed by atoms with E-state index in [-0.39, 0.29) is 5.56 Å². The first-order valence-corrected chi connectivity index (χ1v) is 5.24. The average molecular weight is 251 g/mol. The van der Waals surface area contributed by atoms with Crippen LogP contribution in [0, 0.1) is 18.6 Å². The third kappa shape index (κ3) is 2.09. The fourth-order valence-corrected chi connectivity index (χ4v) is 1.52. The Morgan fingerprint density at radius 3 is 2.44 bits per heavy atom. The molecule has 0 spiro atoms. The fourth-order valence-electron chi connectivity index (χ4n) is 1.52. The Hall–Kier alpha value is -2.24. The van der Waals surface area contributed by atoms with E-state index in [0.29, 0.717) is 5.69 Å². The van der Waals surface area contributed by atoms with Gasteiger partial charge in [0.1, 0.15) is 17.3 Å².